The Balaban J connectivity index is 1.92. The lowest BCUT2D eigenvalue weighted by molar-refractivity contribution is 0.0951. The van der Waals surface area contributed by atoms with E-state index in [0.29, 0.717) is 6.54 Å². The van der Waals surface area contributed by atoms with Crippen LogP contribution in [0.4, 0.5) is 10.1 Å². The first-order valence-corrected chi connectivity index (χ1v) is 6.75. The lowest BCUT2D eigenvalue weighted by atomic mass is 10.2. The van der Waals surface area contributed by atoms with Gasteiger partial charge in [0.15, 0.2) is 0 Å². The molecule has 1 aromatic heterocycles. The van der Waals surface area contributed by atoms with Gasteiger partial charge in [0.1, 0.15) is 0 Å². The third-order valence-corrected chi connectivity index (χ3v) is 3.37. The van der Waals surface area contributed by atoms with E-state index in [9.17, 15) is 9.18 Å². The van der Waals surface area contributed by atoms with Crippen LogP contribution in [0, 0.1) is 5.95 Å². The Morgan fingerprint density at radius 3 is 2.71 bits per heavy atom. The van der Waals surface area contributed by atoms with Crippen LogP contribution in [0.2, 0.25) is 0 Å². The molecule has 0 aliphatic heterocycles. The summed E-state index contributed by atoms with van der Waals surface area (Å²) in [6.45, 7) is 2.48. The molecule has 0 saturated heterocycles. The Labute approximate surface area is 123 Å². The number of benzene rings is 1. The van der Waals surface area contributed by atoms with Crippen molar-refractivity contribution in [2.75, 3.05) is 18.5 Å². The van der Waals surface area contributed by atoms with Crippen molar-refractivity contribution in [3.63, 3.8) is 0 Å². The molecule has 4 nitrogen and oxygen atoms in total. The number of carbonyl (C=O) groups is 1. The molecular formula is C16H18FN3O. The zero-order valence-corrected chi connectivity index (χ0v) is 12.1. The number of anilines is 1. The molecule has 2 aromatic rings. The predicted octanol–water partition coefficient (Wildman–Crippen LogP) is 2.48. The number of halogens is 1. The van der Waals surface area contributed by atoms with Gasteiger partial charge >= 0.3 is 0 Å². The number of hydrogen-bond donors (Lipinski definition) is 1. The number of para-hydroxylation sites is 1. The average molecular weight is 287 g/mol. The SMILES string of the molecule is C[C@@H](CNC(=O)c1ccnc(F)c1)N(C)c1ccccc1. The minimum absolute atomic E-state index is 0.114. The highest BCUT2D eigenvalue weighted by Gasteiger charge is 2.12. The van der Waals surface area contributed by atoms with Crippen LogP contribution in [-0.2, 0) is 0 Å². The van der Waals surface area contributed by atoms with Gasteiger partial charge in [0.05, 0.1) is 0 Å². The van der Waals surface area contributed by atoms with Gasteiger partial charge in [0.2, 0.25) is 5.95 Å². The highest BCUT2D eigenvalue weighted by atomic mass is 19.1. The summed E-state index contributed by atoms with van der Waals surface area (Å²) in [6.07, 6.45) is 1.28. The summed E-state index contributed by atoms with van der Waals surface area (Å²) in [5.74, 6) is -0.957. The molecule has 1 N–H and O–H groups in total. The second kappa shape index (κ2) is 6.83. The highest BCUT2D eigenvalue weighted by Crippen LogP contribution is 2.13. The molecule has 1 heterocycles. The zero-order valence-electron chi connectivity index (χ0n) is 12.1. The van der Waals surface area contributed by atoms with Crippen LogP contribution in [-0.4, -0.2) is 30.5 Å². The van der Waals surface area contributed by atoms with E-state index < -0.39 is 5.95 Å². The van der Waals surface area contributed by atoms with Crippen LogP contribution in [0.15, 0.2) is 48.7 Å². The summed E-state index contributed by atoms with van der Waals surface area (Å²) < 4.78 is 13.0. The van der Waals surface area contributed by atoms with E-state index in [-0.39, 0.29) is 17.5 Å². The molecule has 1 aromatic carbocycles. The fourth-order valence-electron chi connectivity index (χ4n) is 1.94. The van der Waals surface area contributed by atoms with Crippen molar-refractivity contribution in [3.05, 3.63) is 60.2 Å². The lowest BCUT2D eigenvalue weighted by Crippen LogP contribution is -2.40. The summed E-state index contributed by atoms with van der Waals surface area (Å²) >= 11 is 0. The summed E-state index contributed by atoms with van der Waals surface area (Å²) in [5.41, 5.74) is 1.35. The van der Waals surface area contributed by atoms with Crippen molar-refractivity contribution in [1.82, 2.24) is 10.3 Å². The lowest BCUT2D eigenvalue weighted by Gasteiger charge is -2.27. The minimum Gasteiger partial charge on any atom is -0.370 e. The largest absolute Gasteiger partial charge is 0.370 e. The van der Waals surface area contributed by atoms with Crippen LogP contribution in [0.3, 0.4) is 0 Å². The van der Waals surface area contributed by atoms with E-state index in [1.54, 1.807) is 0 Å². The van der Waals surface area contributed by atoms with Gasteiger partial charge in [-0.1, -0.05) is 18.2 Å². The van der Waals surface area contributed by atoms with Crippen molar-refractivity contribution >= 4 is 11.6 Å². The molecule has 5 heteroatoms. The number of pyridine rings is 1. The van der Waals surface area contributed by atoms with E-state index in [4.69, 9.17) is 0 Å². The molecule has 0 fully saturated rings. The molecule has 21 heavy (non-hydrogen) atoms. The first-order chi connectivity index (χ1) is 10.1. The number of nitrogens with zero attached hydrogens (tertiary/aromatic N) is 2. The molecule has 0 aliphatic carbocycles. The Bertz CT molecular complexity index is 603. The molecule has 0 aliphatic rings. The quantitative estimate of drug-likeness (QED) is 0.859. The second-order valence-corrected chi connectivity index (χ2v) is 4.87. The van der Waals surface area contributed by atoms with Gasteiger partial charge in [0, 0.05) is 43.1 Å². The van der Waals surface area contributed by atoms with Crippen molar-refractivity contribution in [1.29, 1.82) is 0 Å². The number of amides is 1. The molecule has 0 radical (unpaired) electrons. The molecule has 0 bridgehead atoms. The predicted molar refractivity (Wildman–Crippen MR) is 80.8 cm³/mol. The van der Waals surface area contributed by atoms with Gasteiger partial charge in [-0.3, -0.25) is 4.79 Å². The standard InChI is InChI=1S/C16H18FN3O/c1-12(20(2)14-6-4-3-5-7-14)11-19-16(21)13-8-9-18-15(17)10-13/h3-10,12H,11H2,1-2H3,(H,19,21)/t12-/m0/s1. The highest BCUT2D eigenvalue weighted by molar-refractivity contribution is 5.94. The Kier molecular flexibility index (Phi) is 4.87. The fourth-order valence-corrected chi connectivity index (χ4v) is 1.94. The number of aromatic nitrogens is 1. The van der Waals surface area contributed by atoms with Crippen molar-refractivity contribution in [2.24, 2.45) is 0 Å². The topological polar surface area (TPSA) is 45.2 Å². The van der Waals surface area contributed by atoms with E-state index in [1.165, 1.54) is 12.3 Å². The maximum Gasteiger partial charge on any atom is 0.251 e. The molecule has 0 saturated carbocycles. The van der Waals surface area contributed by atoms with E-state index in [2.05, 4.69) is 15.2 Å². The second-order valence-electron chi connectivity index (χ2n) is 4.87. The molecule has 2 rings (SSSR count). The summed E-state index contributed by atoms with van der Waals surface area (Å²) in [4.78, 5) is 17.4. The van der Waals surface area contributed by atoms with E-state index >= 15 is 0 Å². The van der Waals surface area contributed by atoms with Crippen molar-refractivity contribution in [3.8, 4) is 0 Å². The number of carbonyl (C=O) groups excluding carboxylic acids is 1. The summed E-state index contributed by atoms with van der Waals surface area (Å²) in [7, 11) is 1.97. The Hall–Kier alpha value is -2.43. The van der Waals surface area contributed by atoms with Crippen LogP contribution in [0.25, 0.3) is 0 Å². The van der Waals surface area contributed by atoms with Gasteiger partial charge in [-0.15, -0.1) is 0 Å². The van der Waals surface area contributed by atoms with E-state index in [1.807, 2.05) is 44.3 Å². The molecule has 1 atom stereocenters. The molecule has 0 unspecified atom stereocenters. The first kappa shape index (κ1) is 15.0. The summed E-state index contributed by atoms with van der Waals surface area (Å²) in [5, 5.41) is 2.80. The third kappa shape index (κ3) is 4.02. The molecular weight excluding hydrogens is 269 g/mol. The smallest absolute Gasteiger partial charge is 0.251 e. The zero-order chi connectivity index (χ0) is 15.2. The third-order valence-electron chi connectivity index (χ3n) is 3.37. The number of hydrogen-bond acceptors (Lipinski definition) is 3. The molecule has 1 amide bonds. The van der Waals surface area contributed by atoms with Gasteiger partial charge < -0.3 is 10.2 Å². The van der Waals surface area contributed by atoms with Crippen LogP contribution >= 0.6 is 0 Å². The maximum atomic E-state index is 13.0. The van der Waals surface area contributed by atoms with Gasteiger partial charge in [0.25, 0.3) is 5.91 Å². The van der Waals surface area contributed by atoms with Crippen LogP contribution < -0.4 is 10.2 Å². The van der Waals surface area contributed by atoms with Crippen molar-refractivity contribution in [2.45, 2.75) is 13.0 Å². The van der Waals surface area contributed by atoms with Crippen molar-refractivity contribution < 1.29 is 9.18 Å². The normalized spacial score (nSPS) is 11.8. The molecule has 0 spiro atoms. The maximum absolute atomic E-state index is 13.0. The first-order valence-electron chi connectivity index (χ1n) is 6.75. The Morgan fingerprint density at radius 2 is 2.05 bits per heavy atom. The van der Waals surface area contributed by atoms with E-state index in [0.717, 1.165) is 11.8 Å². The number of nitrogens with one attached hydrogen (secondary N) is 1. The number of rotatable bonds is 5. The fraction of sp³-hybridized carbons (Fsp3) is 0.250. The van der Waals surface area contributed by atoms with Crippen LogP contribution in [0.1, 0.15) is 17.3 Å². The Morgan fingerprint density at radius 1 is 1.33 bits per heavy atom. The van der Waals surface area contributed by atoms with Gasteiger partial charge in [-0.05, 0) is 25.1 Å². The molecule has 110 valence electrons. The minimum atomic E-state index is -0.655. The van der Waals surface area contributed by atoms with Gasteiger partial charge in [-0.25, -0.2) is 4.98 Å². The summed E-state index contributed by atoms with van der Waals surface area (Å²) in [6, 6.07) is 12.6. The number of likely N-dealkylation sites (N-methyl/N-ethyl adjacent to an activating group) is 1. The van der Waals surface area contributed by atoms with Crippen LogP contribution in [0.5, 0.6) is 0 Å². The monoisotopic (exact) mass is 287 g/mol. The average Bonchev–Trinajstić information content (AvgIpc) is 2.52. The van der Waals surface area contributed by atoms with Gasteiger partial charge in [-0.2, -0.15) is 4.39 Å².